The van der Waals surface area contributed by atoms with Crippen LogP contribution in [0.25, 0.3) is 0 Å². The highest BCUT2D eigenvalue weighted by Gasteiger charge is 2.17. The minimum atomic E-state index is 0.148. The molecule has 0 bridgehead atoms. The lowest BCUT2D eigenvalue weighted by atomic mass is 10.1. The molecule has 156 valence electrons. The lowest BCUT2D eigenvalue weighted by Crippen LogP contribution is -2.38. The van der Waals surface area contributed by atoms with Crippen LogP contribution in [-0.2, 0) is 13.0 Å². The molecule has 0 atom stereocenters. The van der Waals surface area contributed by atoms with E-state index in [1.807, 2.05) is 29.2 Å². The zero-order chi connectivity index (χ0) is 20.6. The van der Waals surface area contributed by atoms with Crippen LogP contribution in [0.4, 0.5) is 0 Å². The highest BCUT2D eigenvalue weighted by molar-refractivity contribution is 7.11. The van der Waals surface area contributed by atoms with Gasteiger partial charge < -0.3 is 15.5 Å². The molecule has 2 N–H and O–H groups in total. The third-order valence-corrected chi connectivity index (χ3v) is 6.36. The first-order valence-corrected chi connectivity index (χ1v) is 11.1. The van der Waals surface area contributed by atoms with E-state index in [-0.39, 0.29) is 5.91 Å². The summed E-state index contributed by atoms with van der Waals surface area (Å²) in [6.07, 6.45) is 4.34. The van der Waals surface area contributed by atoms with Crippen molar-refractivity contribution in [2.24, 2.45) is 4.99 Å². The van der Waals surface area contributed by atoms with Crippen molar-refractivity contribution < 1.29 is 4.79 Å². The van der Waals surface area contributed by atoms with E-state index >= 15 is 0 Å². The van der Waals surface area contributed by atoms with E-state index in [4.69, 9.17) is 0 Å². The molecule has 0 saturated carbocycles. The average molecular weight is 414 g/mol. The second kappa shape index (κ2) is 10.4. The van der Waals surface area contributed by atoms with Gasteiger partial charge in [-0.1, -0.05) is 12.1 Å². The van der Waals surface area contributed by atoms with Crippen molar-refractivity contribution in [3.8, 4) is 0 Å². The molecular weight excluding hydrogens is 382 g/mol. The van der Waals surface area contributed by atoms with Gasteiger partial charge in [0.25, 0.3) is 5.91 Å². The number of carbonyl (C=O) groups excluding carboxylic acids is 1. The van der Waals surface area contributed by atoms with E-state index in [1.165, 1.54) is 11.3 Å². The summed E-state index contributed by atoms with van der Waals surface area (Å²) in [5.74, 6) is 0.915. The maximum absolute atomic E-state index is 12.6. The van der Waals surface area contributed by atoms with Gasteiger partial charge >= 0.3 is 0 Å². The van der Waals surface area contributed by atoms with Gasteiger partial charge in [0.2, 0.25) is 0 Å². The molecule has 7 heteroatoms. The van der Waals surface area contributed by atoms with Gasteiger partial charge in [0.1, 0.15) is 0 Å². The minimum absolute atomic E-state index is 0.148. The number of nitrogens with zero attached hydrogens (tertiary/aromatic N) is 3. The molecule has 1 aliphatic heterocycles. The summed E-state index contributed by atoms with van der Waals surface area (Å²) in [6.45, 7) is 7.36. The summed E-state index contributed by atoms with van der Waals surface area (Å²) in [6, 6.07) is 7.88. The van der Waals surface area contributed by atoms with Crippen LogP contribution in [0.2, 0.25) is 0 Å². The Kier molecular flexibility index (Phi) is 7.63. The molecule has 2 aromatic rings. The number of aromatic nitrogens is 1. The topological polar surface area (TPSA) is 69.6 Å². The predicted octanol–water partition coefficient (Wildman–Crippen LogP) is 3.29. The fourth-order valence-corrected chi connectivity index (χ4v) is 4.32. The van der Waals surface area contributed by atoms with Crippen LogP contribution in [0, 0.1) is 13.8 Å². The Labute approximate surface area is 177 Å². The van der Waals surface area contributed by atoms with Crippen LogP contribution in [-0.4, -0.2) is 48.4 Å². The highest BCUT2D eigenvalue weighted by Crippen LogP contribution is 2.16. The number of hydrogen-bond donors (Lipinski definition) is 2. The Bertz CT molecular complexity index is 818. The number of benzene rings is 1. The number of piperidine rings is 1. The number of rotatable bonds is 6. The molecule has 0 radical (unpaired) electrons. The number of amides is 1. The van der Waals surface area contributed by atoms with Gasteiger partial charge in [-0.05, 0) is 50.8 Å². The van der Waals surface area contributed by atoms with Crippen LogP contribution in [0.5, 0.6) is 0 Å². The lowest BCUT2D eigenvalue weighted by Gasteiger charge is -2.26. The number of thiazole rings is 1. The van der Waals surface area contributed by atoms with Gasteiger partial charge in [0.05, 0.1) is 10.7 Å². The maximum atomic E-state index is 12.6. The molecule has 0 unspecified atom stereocenters. The van der Waals surface area contributed by atoms with Crippen molar-refractivity contribution in [2.75, 3.05) is 26.7 Å². The third-order valence-electron chi connectivity index (χ3n) is 5.23. The summed E-state index contributed by atoms with van der Waals surface area (Å²) in [7, 11) is 1.77. The standard InChI is InChI=1S/C22H31N5OS/c1-16-17(2)29-20(26-16)11-12-24-22(23-3)25-15-18-7-9-19(10-8-18)21(28)27-13-5-4-6-14-27/h7-10H,4-6,11-15H2,1-3H3,(H2,23,24,25). The Morgan fingerprint density at radius 3 is 2.48 bits per heavy atom. The highest BCUT2D eigenvalue weighted by atomic mass is 32.1. The van der Waals surface area contributed by atoms with Gasteiger partial charge in [-0.25, -0.2) is 4.98 Å². The molecule has 2 heterocycles. The summed E-state index contributed by atoms with van der Waals surface area (Å²) < 4.78 is 0. The van der Waals surface area contributed by atoms with Crippen LogP contribution >= 0.6 is 11.3 Å². The Morgan fingerprint density at radius 2 is 1.86 bits per heavy atom. The van der Waals surface area contributed by atoms with Crippen molar-refractivity contribution in [1.82, 2.24) is 20.5 Å². The van der Waals surface area contributed by atoms with E-state index in [9.17, 15) is 4.79 Å². The molecule has 1 saturated heterocycles. The van der Waals surface area contributed by atoms with E-state index in [1.54, 1.807) is 18.4 Å². The van der Waals surface area contributed by atoms with Gasteiger partial charge in [0, 0.05) is 50.1 Å². The molecule has 1 aromatic carbocycles. The summed E-state index contributed by atoms with van der Waals surface area (Å²) in [4.78, 5) is 24.7. The molecule has 1 fully saturated rings. The second-order valence-corrected chi connectivity index (χ2v) is 8.69. The minimum Gasteiger partial charge on any atom is -0.356 e. The third kappa shape index (κ3) is 6.03. The van der Waals surface area contributed by atoms with E-state index in [2.05, 4.69) is 34.5 Å². The molecule has 0 spiro atoms. The van der Waals surface area contributed by atoms with Gasteiger partial charge in [-0.3, -0.25) is 9.79 Å². The number of aliphatic imine (C=N–C) groups is 1. The van der Waals surface area contributed by atoms with Gasteiger partial charge in [-0.15, -0.1) is 11.3 Å². The maximum Gasteiger partial charge on any atom is 0.253 e. The van der Waals surface area contributed by atoms with Crippen molar-refractivity contribution in [3.05, 3.63) is 51.0 Å². The van der Waals surface area contributed by atoms with E-state index < -0.39 is 0 Å². The number of hydrogen-bond acceptors (Lipinski definition) is 4. The van der Waals surface area contributed by atoms with Gasteiger partial charge in [-0.2, -0.15) is 0 Å². The molecule has 1 amide bonds. The van der Waals surface area contributed by atoms with Crippen molar-refractivity contribution in [2.45, 2.75) is 46.1 Å². The molecule has 29 heavy (non-hydrogen) atoms. The zero-order valence-electron chi connectivity index (χ0n) is 17.6. The summed E-state index contributed by atoms with van der Waals surface area (Å²) in [5.41, 5.74) is 3.01. The Hall–Kier alpha value is -2.41. The summed E-state index contributed by atoms with van der Waals surface area (Å²) >= 11 is 1.76. The number of guanidine groups is 1. The quantitative estimate of drug-likeness (QED) is 0.563. The predicted molar refractivity (Wildman–Crippen MR) is 120 cm³/mol. The first-order valence-electron chi connectivity index (χ1n) is 10.3. The monoisotopic (exact) mass is 413 g/mol. The first-order chi connectivity index (χ1) is 14.1. The Morgan fingerprint density at radius 1 is 1.14 bits per heavy atom. The zero-order valence-corrected chi connectivity index (χ0v) is 18.4. The summed E-state index contributed by atoms with van der Waals surface area (Å²) in [5, 5.41) is 7.81. The lowest BCUT2D eigenvalue weighted by molar-refractivity contribution is 0.0724. The molecule has 3 rings (SSSR count). The molecular formula is C22H31N5OS. The largest absolute Gasteiger partial charge is 0.356 e. The molecule has 6 nitrogen and oxygen atoms in total. The van der Waals surface area contributed by atoms with Crippen molar-refractivity contribution in [1.29, 1.82) is 0 Å². The first kappa shape index (κ1) is 21.3. The van der Waals surface area contributed by atoms with Gasteiger partial charge in [0.15, 0.2) is 5.96 Å². The second-order valence-electron chi connectivity index (χ2n) is 7.40. The van der Waals surface area contributed by atoms with Crippen molar-refractivity contribution >= 4 is 23.2 Å². The average Bonchev–Trinajstić information content (AvgIpc) is 3.08. The fraction of sp³-hybridized carbons (Fsp3) is 0.500. The van der Waals surface area contributed by atoms with E-state index in [0.717, 1.165) is 66.7 Å². The van der Waals surface area contributed by atoms with Crippen LogP contribution < -0.4 is 10.6 Å². The molecule has 0 aliphatic carbocycles. The normalized spacial score (nSPS) is 14.7. The number of carbonyl (C=O) groups is 1. The number of nitrogens with one attached hydrogen (secondary N) is 2. The SMILES string of the molecule is CN=C(NCCc1nc(C)c(C)s1)NCc1ccc(C(=O)N2CCCCC2)cc1. The molecule has 1 aliphatic rings. The Balaban J connectivity index is 1.44. The molecule has 1 aromatic heterocycles. The van der Waals surface area contributed by atoms with Crippen LogP contribution in [0.1, 0.15) is 50.8 Å². The van der Waals surface area contributed by atoms with Crippen LogP contribution in [0.15, 0.2) is 29.3 Å². The van der Waals surface area contributed by atoms with E-state index in [0.29, 0.717) is 6.54 Å². The fourth-order valence-electron chi connectivity index (χ4n) is 3.39. The van der Waals surface area contributed by atoms with Crippen LogP contribution in [0.3, 0.4) is 0 Å². The smallest absolute Gasteiger partial charge is 0.253 e. The number of aryl methyl sites for hydroxylation is 2. The number of likely N-dealkylation sites (tertiary alicyclic amines) is 1. The van der Waals surface area contributed by atoms with Crippen molar-refractivity contribution in [3.63, 3.8) is 0 Å².